The van der Waals surface area contributed by atoms with E-state index in [1.54, 1.807) is 19.2 Å². The molecule has 1 rings (SSSR count). The Bertz CT molecular complexity index is 340. The summed E-state index contributed by atoms with van der Waals surface area (Å²) in [6.07, 6.45) is 2.32. The standard InChI is InChI=1S/C11H17N3O3/c1-16-7-3-6-12-11(15)14-9-4-5-10(17-2)13-8-9/h4-5,8H,3,6-7H2,1-2H3,(H2,12,14,15). The molecule has 94 valence electrons. The molecule has 0 saturated heterocycles. The number of hydrogen-bond donors (Lipinski definition) is 2. The van der Waals surface area contributed by atoms with Crippen molar-refractivity contribution < 1.29 is 14.3 Å². The summed E-state index contributed by atoms with van der Waals surface area (Å²) in [4.78, 5) is 15.4. The molecular formula is C11H17N3O3. The fraction of sp³-hybridized carbons (Fsp3) is 0.455. The lowest BCUT2D eigenvalue weighted by Crippen LogP contribution is -2.30. The van der Waals surface area contributed by atoms with E-state index < -0.39 is 0 Å². The zero-order chi connectivity index (χ0) is 12.5. The van der Waals surface area contributed by atoms with Crippen molar-refractivity contribution in [2.75, 3.05) is 32.7 Å². The minimum absolute atomic E-state index is 0.256. The maximum Gasteiger partial charge on any atom is 0.319 e. The fourth-order valence-corrected chi connectivity index (χ4v) is 1.17. The summed E-state index contributed by atoms with van der Waals surface area (Å²) in [7, 11) is 3.17. The van der Waals surface area contributed by atoms with Crippen LogP contribution in [0.15, 0.2) is 18.3 Å². The van der Waals surface area contributed by atoms with Crippen LogP contribution < -0.4 is 15.4 Å². The number of hydrogen-bond acceptors (Lipinski definition) is 4. The number of rotatable bonds is 6. The van der Waals surface area contributed by atoms with Gasteiger partial charge in [0.1, 0.15) is 0 Å². The van der Waals surface area contributed by atoms with Crippen molar-refractivity contribution in [3.63, 3.8) is 0 Å². The van der Waals surface area contributed by atoms with Gasteiger partial charge < -0.3 is 20.1 Å². The molecule has 0 atom stereocenters. The molecule has 0 bridgehead atoms. The number of ether oxygens (including phenoxy) is 2. The van der Waals surface area contributed by atoms with Gasteiger partial charge >= 0.3 is 6.03 Å². The third-order valence-corrected chi connectivity index (χ3v) is 2.01. The van der Waals surface area contributed by atoms with E-state index in [4.69, 9.17) is 9.47 Å². The van der Waals surface area contributed by atoms with Gasteiger partial charge in [-0.3, -0.25) is 0 Å². The average Bonchev–Trinajstić information content (AvgIpc) is 2.36. The number of methoxy groups -OCH3 is 2. The Kier molecular flexibility index (Phi) is 5.81. The van der Waals surface area contributed by atoms with E-state index in [2.05, 4.69) is 15.6 Å². The van der Waals surface area contributed by atoms with E-state index in [1.807, 2.05) is 0 Å². The Morgan fingerprint density at radius 1 is 1.41 bits per heavy atom. The van der Waals surface area contributed by atoms with Gasteiger partial charge in [-0.1, -0.05) is 0 Å². The molecular weight excluding hydrogens is 222 g/mol. The maximum absolute atomic E-state index is 11.4. The Morgan fingerprint density at radius 3 is 2.82 bits per heavy atom. The molecule has 0 fully saturated rings. The van der Waals surface area contributed by atoms with Crippen molar-refractivity contribution in [2.45, 2.75) is 6.42 Å². The lowest BCUT2D eigenvalue weighted by atomic mass is 10.4. The molecule has 17 heavy (non-hydrogen) atoms. The summed E-state index contributed by atoms with van der Waals surface area (Å²) >= 11 is 0. The summed E-state index contributed by atoms with van der Waals surface area (Å²) in [5, 5.41) is 5.37. The van der Waals surface area contributed by atoms with Crippen LogP contribution in [0.4, 0.5) is 10.5 Å². The third-order valence-electron chi connectivity index (χ3n) is 2.01. The zero-order valence-corrected chi connectivity index (χ0v) is 10.0. The van der Waals surface area contributed by atoms with Crippen molar-refractivity contribution in [3.8, 4) is 5.88 Å². The number of carbonyl (C=O) groups is 1. The highest BCUT2D eigenvalue weighted by molar-refractivity contribution is 5.88. The number of urea groups is 1. The summed E-state index contributed by atoms with van der Waals surface area (Å²) in [5.74, 6) is 0.510. The predicted octanol–water partition coefficient (Wildman–Crippen LogP) is 1.25. The zero-order valence-electron chi connectivity index (χ0n) is 10.0. The molecule has 0 spiro atoms. The summed E-state index contributed by atoms with van der Waals surface area (Å²) in [6.45, 7) is 1.20. The van der Waals surface area contributed by atoms with Crippen molar-refractivity contribution in [1.29, 1.82) is 0 Å². The average molecular weight is 239 g/mol. The van der Waals surface area contributed by atoms with Gasteiger partial charge in [0.05, 0.1) is 19.0 Å². The molecule has 0 aliphatic carbocycles. The number of anilines is 1. The minimum atomic E-state index is -0.256. The second kappa shape index (κ2) is 7.45. The second-order valence-electron chi connectivity index (χ2n) is 3.32. The summed E-state index contributed by atoms with van der Waals surface area (Å²) in [5.41, 5.74) is 0.620. The highest BCUT2D eigenvalue weighted by Crippen LogP contribution is 2.10. The smallest absolute Gasteiger partial charge is 0.319 e. The quantitative estimate of drug-likeness (QED) is 0.733. The van der Waals surface area contributed by atoms with Crippen LogP contribution in [0.3, 0.4) is 0 Å². The highest BCUT2D eigenvalue weighted by atomic mass is 16.5. The van der Waals surface area contributed by atoms with Crippen LogP contribution in [0.5, 0.6) is 5.88 Å². The number of nitrogens with one attached hydrogen (secondary N) is 2. The number of amides is 2. The molecule has 1 heterocycles. The van der Waals surface area contributed by atoms with Gasteiger partial charge in [0.15, 0.2) is 0 Å². The molecule has 0 saturated carbocycles. The van der Waals surface area contributed by atoms with Gasteiger partial charge in [0, 0.05) is 26.3 Å². The topological polar surface area (TPSA) is 72.5 Å². The first-order valence-electron chi connectivity index (χ1n) is 5.30. The van der Waals surface area contributed by atoms with E-state index in [0.29, 0.717) is 24.7 Å². The highest BCUT2D eigenvalue weighted by Gasteiger charge is 2.01. The molecule has 2 amide bonds. The largest absolute Gasteiger partial charge is 0.481 e. The second-order valence-corrected chi connectivity index (χ2v) is 3.32. The van der Waals surface area contributed by atoms with Crippen molar-refractivity contribution >= 4 is 11.7 Å². The molecule has 1 aromatic heterocycles. The van der Waals surface area contributed by atoms with Crippen LogP contribution >= 0.6 is 0 Å². The minimum Gasteiger partial charge on any atom is -0.481 e. The van der Waals surface area contributed by atoms with Gasteiger partial charge in [-0.25, -0.2) is 9.78 Å². The molecule has 0 unspecified atom stereocenters. The van der Waals surface area contributed by atoms with Crippen LogP contribution in [0.1, 0.15) is 6.42 Å². The lowest BCUT2D eigenvalue weighted by molar-refractivity contribution is 0.194. The molecule has 0 aromatic carbocycles. The van der Waals surface area contributed by atoms with E-state index in [-0.39, 0.29) is 6.03 Å². The van der Waals surface area contributed by atoms with Crippen LogP contribution in [0, 0.1) is 0 Å². The van der Waals surface area contributed by atoms with Gasteiger partial charge in [0.2, 0.25) is 5.88 Å². The first kappa shape index (κ1) is 13.2. The van der Waals surface area contributed by atoms with E-state index in [1.165, 1.54) is 13.3 Å². The fourth-order valence-electron chi connectivity index (χ4n) is 1.17. The number of pyridine rings is 1. The molecule has 0 aliphatic rings. The van der Waals surface area contributed by atoms with E-state index >= 15 is 0 Å². The SMILES string of the molecule is COCCCNC(=O)Nc1ccc(OC)nc1. The first-order valence-corrected chi connectivity index (χ1v) is 5.30. The van der Waals surface area contributed by atoms with Gasteiger partial charge in [-0.2, -0.15) is 0 Å². The molecule has 2 N–H and O–H groups in total. The first-order chi connectivity index (χ1) is 8.26. The molecule has 6 nitrogen and oxygen atoms in total. The number of carbonyl (C=O) groups excluding carboxylic acids is 1. The maximum atomic E-state index is 11.4. The predicted molar refractivity (Wildman–Crippen MR) is 64.3 cm³/mol. The number of nitrogens with zero attached hydrogens (tertiary/aromatic N) is 1. The third kappa shape index (κ3) is 5.17. The summed E-state index contributed by atoms with van der Waals surface area (Å²) < 4.78 is 9.78. The van der Waals surface area contributed by atoms with Crippen LogP contribution in [0.25, 0.3) is 0 Å². The van der Waals surface area contributed by atoms with Crippen molar-refractivity contribution in [1.82, 2.24) is 10.3 Å². The Balaban J connectivity index is 2.29. The van der Waals surface area contributed by atoms with Crippen LogP contribution in [-0.2, 0) is 4.74 Å². The van der Waals surface area contributed by atoms with Gasteiger partial charge in [0.25, 0.3) is 0 Å². The van der Waals surface area contributed by atoms with E-state index in [9.17, 15) is 4.79 Å². The molecule has 6 heteroatoms. The lowest BCUT2D eigenvalue weighted by Gasteiger charge is -2.07. The van der Waals surface area contributed by atoms with Gasteiger partial charge in [-0.15, -0.1) is 0 Å². The Labute approximate surface area is 100 Å². The van der Waals surface area contributed by atoms with Crippen molar-refractivity contribution in [3.05, 3.63) is 18.3 Å². The monoisotopic (exact) mass is 239 g/mol. The van der Waals surface area contributed by atoms with Crippen LogP contribution in [-0.4, -0.2) is 38.4 Å². The molecule has 1 aromatic rings. The summed E-state index contributed by atoms with van der Waals surface area (Å²) in [6, 6.07) is 3.15. The molecule has 0 aliphatic heterocycles. The Morgan fingerprint density at radius 2 is 2.24 bits per heavy atom. The van der Waals surface area contributed by atoms with E-state index in [0.717, 1.165) is 6.42 Å². The van der Waals surface area contributed by atoms with Gasteiger partial charge in [-0.05, 0) is 12.5 Å². The number of aromatic nitrogens is 1. The Hall–Kier alpha value is -1.82. The van der Waals surface area contributed by atoms with Crippen molar-refractivity contribution in [2.24, 2.45) is 0 Å². The van der Waals surface area contributed by atoms with Crippen LogP contribution in [0.2, 0.25) is 0 Å². The molecule has 0 radical (unpaired) electrons. The normalized spacial score (nSPS) is 9.76.